The molecule has 1 aliphatic carbocycles. The van der Waals surface area contributed by atoms with Crippen LogP contribution in [0.3, 0.4) is 0 Å². The topological polar surface area (TPSA) is 0 Å². The number of benzene rings is 1. The van der Waals surface area contributed by atoms with Gasteiger partial charge in [-0.05, 0) is 29.9 Å². The van der Waals surface area contributed by atoms with Crippen LogP contribution in [0, 0.1) is 17.8 Å². The van der Waals surface area contributed by atoms with E-state index < -0.39 is 0 Å². The molecule has 2 unspecified atom stereocenters. The molecule has 0 spiro atoms. The highest BCUT2D eigenvalue weighted by Crippen LogP contribution is 2.37. The zero-order valence-corrected chi connectivity index (χ0v) is 8.59. The molecule has 1 radical (unpaired) electrons. The van der Waals surface area contributed by atoms with E-state index in [9.17, 15) is 4.39 Å². The Bertz CT molecular complexity index is 306. The Morgan fingerprint density at radius 2 is 2.07 bits per heavy atom. The molecule has 1 heteroatoms. The molecule has 0 aliphatic heterocycles. The lowest BCUT2D eigenvalue weighted by Crippen LogP contribution is -2.14. The Labute approximate surface area is 85.1 Å². The first-order valence-electron chi connectivity index (χ1n) is 5.45. The van der Waals surface area contributed by atoms with Crippen molar-refractivity contribution >= 4 is 0 Å². The van der Waals surface area contributed by atoms with E-state index in [2.05, 4.69) is 13.0 Å². The lowest BCUT2D eigenvalue weighted by molar-refractivity contribution is 0.329. The van der Waals surface area contributed by atoms with Crippen LogP contribution in [-0.2, 0) is 0 Å². The Kier molecular flexibility index (Phi) is 2.85. The molecular formula is C13H16F. The van der Waals surface area contributed by atoms with Gasteiger partial charge in [-0.15, -0.1) is 0 Å². The van der Waals surface area contributed by atoms with E-state index >= 15 is 0 Å². The van der Waals surface area contributed by atoms with E-state index in [1.807, 2.05) is 6.07 Å². The number of hydrogen-bond donors (Lipinski definition) is 0. The standard InChI is InChI=1S/C13H16F/c1-10-5-2-3-8-13(10)11-6-4-7-12(14)9-11/h4,6-7,10,13H,2-3,5,8H2,1H3. The first-order valence-corrected chi connectivity index (χ1v) is 5.45. The van der Waals surface area contributed by atoms with Gasteiger partial charge in [0.2, 0.25) is 0 Å². The van der Waals surface area contributed by atoms with Gasteiger partial charge in [0.1, 0.15) is 5.82 Å². The number of hydrogen-bond acceptors (Lipinski definition) is 0. The third-order valence-electron chi connectivity index (χ3n) is 3.29. The van der Waals surface area contributed by atoms with Crippen LogP contribution in [0.4, 0.5) is 4.39 Å². The summed E-state index contributed by atoms with van der Waals surface area (Å²) in [5.41, 5.74) is 1.07. The maximum absolute atomic E-state index is 13.0. The van der Waals surface area contributed by atoms with Crippen molar-refractivity contribution in [3.8, 4) is 0 Å². The highest BCUT2D eigenvalue weighted by molar-refractivity contribution is 5.20. The normalized spacial score (nSPS) is 27.6. The van der Waals surface area contributed by atoms with Gasteiger partial charge in [0.25, 0.3) is 0 Å². The predicted molar refractivity (Wildman–Crippen MR) is 55.6 cm³/mol. The second-order valence-corrected chi connectivity index (χ2v) is 4.32. The molecule has 1 aliphatic rings. The van der Waals surface area contributed by atoms with Crippen molar-refractivity contribution in [3.05, 3.63) is 35.6 Å². The lowest BCUT2D eigenvalue weighted by Gasteiger charge is -2.28. The summed E-state index contributed by atoms with van der Waals surface area (Å²) in [6, 6.07) is 8.11. The van der Waals surface area contributed by atoms with Gasteiger partial charge >= 0.3 is 0 Å². The lowest BCUT2D eigenvalue weighted by atomic mass is 9.76. The molecular weight excluding hydrogens is 175 g/mol. The second-order valence-electron chi connectivity index (χ2n) is 4.32. The van der Waals surface area contributed by atoms with Crippen LogP contribution >= 0.6 is 0 Å². The Morgan fingerprint density at radius 1 is 1.29 bits per heavy atom. The molecule has 1 fully saturated rings. The molecule has 0 heterocycles. The monoisotopic (exact) mass is 191 g/mol. The summed E-state index contributed by atoms with van der Waals surface area (Å²) in [6.07, 6.45) is 5.07. The number of halogens is 1. The van der Waals surface area contributed by atoms with Crippen molar-refractivity contribution in [1.82, 2.24) is 0 Å². The molecule has 2 atom stereocenters. The fourth-order valence-corrected chi connectivity index (χ4v) is 2.45. The predicted octanol–water partition coefficient (Wildman–Crippen LogP) is 3.92. The van der Waals surface area contributed by atoms with Crippen LogP contribution in [-0.4, -0.2) is 0 Å². The van der Waals surface area contributed by atoms with Crippen LogP contribution in [0.25, 0.3) is 0 Å². The minimum atomic E-state index is -0.222. The SMILES string of the molecule is CC1CCCCC1c1[c]c(F)ccc1. The van der Waals surface area contributed by atoms with Gasteiger partial charge in [0.15, 0.2) is 0 Å². The zero-order chi connectivity index (χ0) is 9.97. The van der Waals surface area contributed by atoms with Crippen molar-refractivity contribution in [2.24, 2.45) is 5.92 Å². The summed E-state index contributed by atoms with van der Waals surface area (Å²) in [5, 5.41) is 0. The average molecular weight is 191 g/mol. The van der Waals surface area contributed by atoms with E-state index in [0.29, 0.717) is 11.8 Å². The van der Waals surface area contributed by atoms with Crippen molar-refractivity contribution in [1.29, 1.82) is 0 Å². The molecule has 1 aromatic carbocycles. The Balaban J connectivity index is 2.20. The molecule has 0 N–H and O–H groups in total. The summed E-state index contributed by atoms with van der Waals surface area (Å²) in [4.78, 5) is 0. The van der Waals surface area contributed by atoms with Gasteiger partial charge in [0, 0.05) is 6.07 Å². The molecule has 2 rings (SSSR count). The molecule has 75 valence electrons. The van der Waals surface area contributed by atoms with Crippen molar-refractivity contribution in [2.75, 3.05) is 0 Å². The summed E-state index contributed by atoms with van der Waals surface area (Å²) in [7, 11) is 0. The minimum Gasteiger partial charge on any atom is -0.206 e. The summed E-state index contributed by atoms with van der Waals surface area (Å²) in [6.45, 7) is 2.27. The Hall–Kier alpha value is -0.850. The molecule has 1 saturated carbocycles. The molecule has 0 saturated heterocycles. The maximum Gasteiger partial charge on any atom is 0.131 e. The minimum absolute atomic E-state index is 0.222. The maximum atomic E-state index is 13.0. The van der Waals surface area contributed by atoms with Crippen LogP contribution in [0.2, 0.25) is 0 Å². The van der Waals surface area contributed by atoms with Crippen molar-refractivity contribution in [3.63, 3.8) is 0 Å². The quantitative estimate of drug-likeness (QED) is 0.631. The van der Waals surface area contributed by atoms with Crippen LogP contribution in [0.1, 0.15) is 44.1 Å². The molecule has 0 bridgehead atoms. The first kappa shape index (κ1) is 9.70. The van der Waals surface area contributed by atoms with E-state index in [1.165, 1.54) is 31.7 Å². The molecule has 0 amide bonds. The smallest absolute Gasteiger partial charge is 0.131 e. The van der Waals surface area contributed by atoms with Gasteiger partial charge in [-0.25, -0.2) is 4.39 Å². The van der Waals surface area contributed by atoms with E-state index in [4.69, 9.17) is 0 Å². The largest absolute Gasteiger partial charge is 0.206 e. The highest BCUT2D eigenvalue weighted by atomic mass is 19.1. The fraction of sp³-hybridized carbons (Fsp3) is 0.538. The third kappa shape index (κ3) is 1.97. The zero-order valence-electron chi connectivity index (χ0n) is 8.59. The number of rotatable bonds is 1. The highest BCUT2D eigenvalue weighted by Gasteiger charge is 2.22. The summed E-state index contributed by atoms with van der Waals surface area (Å²) < 4.78 is 13.0. The van der Waals surface area contributed by atoms with Crippen LogP contribution in [0.15, 0.2) is 18.2 Å². The first-order chi connectivity index (χ1) is 6.77. The van der Waals surface area contributed by atoms with Gasteiger partial charge in [-0.1, -0.05) is 38.3 Å². The summed E-state index contributed by atoms with van der Waals surface area (Å²) >= 11 is 0. The second kappa shape index (κ2) is 4.12. The van der Waals surface area contributed by atoms with Gasteiger partial charge in [-0.2, -0.15) is 0 Å². The van der Waals surface area contributed by atoms with Gasteiger partial charge in [0.05, 0.1) is 0 Å². The summed E-state index contributed by atoms with van der Waals surface area (Å²) in [5.74, 6) is 0.988. The molecule has 14 heavy (non-hydrogen) atoms. The molecule has 0 aromatic heterocycles. The fourth-order valence-electron chi connectivity index (χ4n) is 2.45. The average Bonchev–Trinajstić information content (AvgIpc) is 2.18. The van der Waals surface area contributed by atoms with Crippen LogP contribution in [0.5, 0.6) is 0 Å². The molecule has 1 aromatic rings. The Morgan fingerprint density at radius 3 is 2.79 bits per heavy atom. The van der Waals surface area contributed by atoms with Crippen LogP contribution < -0.4 is 0 Å². The van der Waals surface area contributed by atoms with Crippen molar-refractivity contribution in [2.45, 2.75) is 38.5 Å². The third-order valence-corrected chi connectivity index (χ3v) is 3.29. The van der Waals surface area contributed by atoms with Crippen molar-refractivity contribution < 1.29 is 4.39 Å². The van der Waals surface area contributed by atoms with E-state index in [1.54, 1.807) is 6.07 Å². The van der Waals surface area contributed by atoms with Gasteiger partial charge < -0.3 is 0 Å². The molecule has 0 nitrogen and oxygen atoms in total. The van der Waals surface area contributed by atoms with Gasteiger partial charge in [-0.3, -0.25) is 0 Å². The van der Waals surface area contributed by atoms with E-state index in [-0.39, 0.29) is 5.82 Å². The van der Waals surface area contributed by atoms with E-state index in [0.717, 1.165) is 5.56 Å².